The van der Waals surface area contributed by atoms with E-state index in [1.165, 1.54) is 6.07 Å². The predicted octanol–water partition coefficient (Wildman–Crippen LogP) is 3.41. The van der Waals surface area contributed by atoms with Crippen molar-refractivity contribution in [3.05, 3.63) is 70.0 Å². The Hall–Kier alpha value is -3.29. The van der Waals surface area contributed by atoms with Crippen LogP contribution in [-0.2, 0) is 14.3 Å². The molecule has 0 fully saturated rings. The highest BCUT2D eigenvalue weighted by Crippen LogP contribution is 2.22. The van der Waals surface area contributed by atoms with Crippen molar-refractivity contribution in [3.8, 4) is 0 Å². The van der Waals surface area contributed by atoms with Crippen LogP contribution in [0.3, 0.4) is 0 Å². The number of nitrogens with zero attached hydrogens (tertiary/aromatic N) is 1. The maximum absolute atomic E-state index is 13.3. The number of nitro benzene ring substituents is 1. The number of carbonyl (C=O) groups excluding carboxylic acids is 2. The number of nitro groups is 1. The van der Waals surface area contributed by atoms with Crippen molar-refractivity contribution in [2.45, 2.75) is 19.3 Å². The first-order chi connectivity index (χ1) is 12.4. The highest BCUT2D eigenvalue weighted by Gasteiger charge is 2.21. The lowest BCUT2D eigenvalue weighted by atomic mass is 9.97. The zero-order valence-corrected chi connectivity index (χ0v) is 14.0. The summed E-state index contributed by atoms with van der Waals surface area (Å²) in [7, 11) is 0. The Morgan fingerprint density at radius 1 is 1.23 bits per heavy atom. The summed E-state index contributed by atoms with van der Waals surface area (Å²) in [6, 6.07) is 12.0. The molecule has 0 aliphatic heterocycles. The minimum atomic E-state index is -1.01. The van der Waals surface area contributed by atoms with Crippen molar-refractivity contribution in [3.63, 3.8) is 0 Å². The molecular weight excluding hydrogens is 343 g/mol. The molecule has 1 amide bonds. The molecule has 136 valence electrons. The lowest BCUT2D eigenvalue weighted by molar-refractivity contribution is -0.387. The van der Waals surface area contributed by atoms with Gasteiger partial charge in [0.05, 0.1) is 10.8 Å². The number of benzene rings is 2. The average Bonchev–Trinajstić information content (AvgIpc) is 2.63. The van der Waals surface area contributed by atoms with Gasteiger partial charge in [-0.1, -0.05) is 37.3 Å². The molecule has 0 bridgehead atoms. The summed E-state index contributed by atoms with van der Waals surface area (Å²) in [6.45, 7) is 1.28. The van der Waals surface area contributed by atoms with E-state index in [9.17, 15) is 24.1 Å². The molecule has 0 aliphatic carbocycles. The second kappa shape index (κ2) is 8.70. The molecule has 26 heavy (non-hydrogen) atoms. The molecule has 0 heterocycles. The van der Waals surface area contributed by atoms with Gasteiger partial charge in [0.15, 0.2) is 6.61 Å². The quantitative estimate of drug-likeness (QED) is 0.463. The first-order valence-corrected chi connectivity index (χ1v) is 7.87. The number of carbonyl (C=O) groups is 2. The van der Waals surface area contributed by atoms with Gasteiger partial charge in [0.25, 0.3) is 5.91 Å². The molecule has 0 radical (unpaired) electrons. The van der Waals surface area contributed by atoms with E-state index in [0.717, 1.165) is 17.7 Å². The van der Waals surface area contributed by atoms with Crippen LogP contribution in [0.2, 0.25) is 0 Å². The standard InChI is InChI=1S/C18H17FN2O5/c1-2-14(12-6-4-3-5-7-12)18(23)26-11-17(22)20-13-8-9-15(19)16(10-13)21(24)25/h3-10,14H,2,11H2,1H3,(H,20,22). The summed E-state index contributed by atoms with van der Waals surface area (Å²) >= 11 is 0. The molecule has 1 unspecified atom stereocenters. The largest absolute Gasteiger partial charge is 0.455 e. The van der Waals surface area contributed by atoms with E-state index in [1.54, 1.807) is 24.3 Å². The zero-order valence-electron chi connectivity index (χ0n) is 14.0. The number of amides is 1. The second-order valence-electron chi connectivity index (χ2n) is 5.45. The molecule has 2 aromatic carbocycles. The van der Waals surface area contributed by atoms with Crippen molar-refractivity contribution < 1.29 is 23.6 Å². The number of anilines is 1. The van der Waals surface area contributed by atoms with Gasteiger partial charge in [-0.2, -0.15) is 4.39 Å². The maximum atomic E-state index is 13.3. The lowest BCUT2D eigenvalue weighted by Crippen LogP contribution is -2.24. The fourth-order valence-electron chi connectivity index (χ4n) is 2.39. The first-order valence-electron chi connectivity index (χ1n) is 7.87. The van der Waals surface area contributed by atoms with Crippen molar-refractivity contribution in [1.82, 2.24) is 0 Å². The highest BCUT2D eigenvalue weighted by molar-refractivity contribution is 5.93. The van der Waals surface area contributed by atoms with Crippen molar-refractivity contribution >= 4 is 23.3 Å². The smallest absolute Gasteiger partial charge is 0.313 e. The van der Waals surface area contributed by atoms with Gasteiger partial charge in [-0.25, -0.2) is 0 Å². The molecule has 0 saturated carbocycles. The minimum absolute atomic E-state index is 0.0363. The molecule has 1 N–H and O–H groups in total. The summed E-state index contributed by atoms with van der Waals surface area (Å²) in [5.41, 5.74) is 0.0683. The highest BCUT2D eigenvalue weighted by atomic mass is 19.1. The van der Waals surface area contributed by atoms with Crippen LogP contribution < -0.4 is 5.32 Å². The summed E-state index contributed by atoms with van der Waals surface area (Å²) < 4.78 is 18.3. The first kappa shape index (κ1) is 19.0. The summed E-state index contributed by atoms with van der Waals surface area (Å²) in [5.74, 6) is -2.72. The second-order valence-corrected chi connectivity index (χ2v) is 5.45. The molecule has 2 rings (SSSR count). The van der Waals surface area contributed by atoms with Crippen molar-refractivity contribution in [1.29, 1.82) is 0 Å². The SMILES string of the molecule is CCC(C(=O)OCC(=O)Nc1ccc(F)c([N+](=O)[O-])c1)c1ccccc1. The van der Waals surface area contributed by atoms with Gasteiger partial charge < -0.3 is 10.1 Å². The molecule has 0 spiro atoms. The van der Waals surface area contributed by atoms with Crippen molar-refractivity contribution in [2.24, 2.45) is 0 Å². The van der Waals surface area contributed by atoms with E-state index in [4.69, 9.17) is 4.74 Å². The predicted molar refractivity (Wildman–Crippen MR) is 92.1 cm³/mol. The fraction of sp³-hybridized carbons (Fsp3) is 0.222. The Labute approximate surface area is 148 Å². The third kappa shape index (κ3) is 4.85. The molecule has 0 saturated heterocycles. The van der Waals surface area contributed by atoms with Gasteiger partial charge in [0.1, 0.15) is 0 Å². The lowest BCUT2D eigenvalue weighted by Gasteiger charge is -2.14. The Balaban J connectivity index is 1.95. The Kier molecular flexibility index (Phi) is 6.37. The summed E-state index contributed by atoms with van der Waals surface area (Å²) in [5, 5.41) is 13.0. The van der Waals surface area contributed by atoms with Crippen LogP contribution in [0, 0.1) is 15.9 Å². The molecule has 0 aliphatic rings. The fourth-order valence-corrected chi connectivity index (χ4v) is 2.39. The summed E-state index contributed by atoms with van der Waals surface area (Å²) in [4.78, 5) is 33.9. The topological polar surface area (TPSA) is 98.5 Å². The minimum Gasteiger partial charge on any atom is -0.455 e. The number of hydrogen-bond donors (Lipinski definition) is 1. The van der Waals surface area contributed by atoms with Crippen LogP contribution in [0.1, 0.15) is 24.8 Å². The third-order valence-electron chi connectivity index (χ3n) is 3.67. The molecule has 0 aromatic heterocycles. The average molecular weight is 360 g/mol. The van der Waals surface area contributed by atoms with E-state index in [-0.39, 0.29) is 5.69 Å². The molecular formula is C18H17FN2O5. The van der Waals surface area contributed by atoms with Crippen LogP contribution in [0.25, 0.3) is 0 Å². The van der Waals surface area contributed by atoms with Crippen LogP contribution in [0.4, 0.5) is 15.8 Å². The van der Waals surface area contributed by atoms with E-state index in [1.807, 2.05) is 13.0 Å². The van der Waals surface area contributed by atoms with Gasteiger partial charge in [-0.3, -0.25) is 19.7 Å². The number of rotatable bonds is 7. The van der Waals surface area contributed by atoms with Gasteiger partial charge in [-0.05, 0) is 24.1 Å². The van der Waals surface area contributed by atoms with E-state index < -0.39 is 40.8 Å². The molecule has 2 aromatic rings. The summed E-state index contributed by atoms with van der Waals surface area (Å²) in [6.07, 6.45) is 0.509. The van der Waals surface area contributed by atoms with Gasteiger partial charge >= 0.3 is 11.7 Å². The van der Waals surface area contributed by atoms with Gasteiger partial charge in [0.2, 0.25) is 5.82 Å². The Bertz CT molecular complexity index is 810. The third-order valence-corrected chi connectivity index (χ3v) is 3.67. The molecule has 8 heteroatoms. The Morgan fingerprint density at radius 3 is 2.54 bits per heavy atom. The number of esters is 1. The van der Waals surface area contributed by atoms with Gasteiger partial charge in [-0.15, -0.1) is 0 Å². The van der Waals surface area contributed by atoms with Crippen LogP contribution >= 0.6 is 0 Å². The number of halogens is 1. The molecule has 1 atom stereocenters. The normalized spacial score (nSPS) is 11.5. The Morgan fingerprint density at radius 2 is 1.92 bits per heavy atom. The van der Waals surface area contributed by atoms with Crippen LogP contribution in [0.15, 0.2) is 48.5 Å². The van der Waals surface area contributed by atoms with Crippen molar-refractivity contribution in [2.75, 3.05) is 11.9 Å². The van der Waals surface area contributed by atoms with E-state index >= 15 is 0 Å². The van der Waals surface area contributed by atoms with Crippen LogP contribution in [0.5, 0.6) is 0 Å². The van der Waals surface area contributed by atoms with E-state index in [2.05, 4.69) is 5.32 Å². The monoisotopic (exact) mass is 360 g/mol. The number of hydrogen-bond acceptors (Lipinski definition) is 5. The number of nitrogens with one attached hydrogen (secondary N) is 1. The molecule has 7 nitrogen and oxygen atoms in total. The van der Waals surface area contributed by atoms with Crippen LogP contribution in [-0.4, -0.2) is 23.4 Å². The number of ether oxygens (including phenoxy) is 1. The van der Waals surface area contributed by atoms with Gasteiger partial charge in [0, 0.05) is 11.8 Å². The van der Waals surface area contributed by atoms with E-state index in [0.29, 0.717) is 6.42 Å². The zero-order chi connectivity index (χ0) is 19.1. The maximum Gasteiger partial charge on any atom is 0.313 e.